The minimum absolute atomic E-state index is 0.178. The van der Waals surface area contributed by atoms with Crippen molar-refractivity contribution in [1.29, 1.82) is 0 Å². The van der Waals surface area contributed by atoms with Crippen molar-refractivity contribution >= 4 is 17.7 Å². The normalized spacial score (nSPS) is 15.0. The number of carbonyl (C=O) groups is 3. The van der Waals surface area contributed by atoms with Gasteiger partial charge >= 0.3 is 0 Å². The van der Waals surface area contributed by atoms with Crippen molar-refractivity contribution in [3.8, 4) is 0 Å². The van der Waals surface area contributed by atoms with Gasteiger partial charge in [0.05, 0.1) is 6.54 Å². The van der Waals surface area contributed by atoms with Gasteiger partial charge < -0.3 is 16.4 Å². The lowest BCUT2D eigenvalue weighted by Crippen LogP contribution is -2.48. The van der Waals surface area contributed by atoms with Crippen molar-refractivity contribution in [3.63, 3.8) is 0 Å². The van der Waals surface area contributed by atoms with Crippen LogP contribution < -0.4 is 16.4 Å². The quantitative estimate of drug-likeness (QED) is 0.667. The first-order chi connectivity index (χ1) is 10.1. The third kappa shape index (κ3) is 4.91. The summed E-state index contributed by atoms with van der Waals surface area (Å²) in [6.07, 6.45) is 2.72. The number of rotatable bonds is 7. The Hall–Kier alpha value is -2.37. The van der Waals surface area contributed by atoms with Crippen LogP contribution in [0, 0.1) is 5.92 Å². The van der Waals surface area contributed by atoms with Gasteiger partial charge in [0, 0.05) is 5.56 Å². The summed E-state index contributed by atoms with van der Waals surface area (Å²) in [5.41, 5.74) is 5.75. The Kier molecular flexibility index (Phi) is 4.92. The zero-order valence-electron chi connectivity index (χ0n) is 11.7. The molecular weight excluding hydrogens is 270 g/mol. The summed E-state index contributed by atoms with van der Waals surface area (Å²) in [4.78, 5) is 34.8. The third-order valence-electron chi connectivity index (χ3n) is 3.39. The topological polar surface area (TPSA) is 101 Å². The minimum atomic E-state index is -0.654. The van der Waals surface area contributed by atoms with E-state index in [4.69, 9.17) is 5.73 Å². The highest BCUT2D eigenvalue weighted by atomic mass is 16.2. The van der Waals surface area contributed by atoms with Crippen molar-refractivity contribution in [1.82, 2.24) is 10.6 Å². The van der Waals surface area contributed by atoms with E-state index in [9.17, 15) is 14.4 Å². The molecule has 6 nitrogen and oxygen atoms in total. The maximum atomic E-state index is 11.8. The molecule has 1 fully saturated rings. The van der Waals surface area contributed by atoms with E-state index in [1.54, 1.807) is 30.3 Å². The van der Waals surface area contributed by atoms with Crippen LogP contribution in [0.2, 0.25) is 0 Å². The molecule has 6 heteroatoms. The van der Waals surface area contributed by atoms with Gasteiger partial charge in [-0.05, 0) is 24.5 Å². The molecule has 1 saturated carbocycles. The summed E-state index contributed by atoms with van der Waals surface area (Å²) in [5.74, 6) is -0.807. The Morgan fingerprint density at radius 1 is 1.19 bits per heavy atom. The van der Waals surface area contributed by atoms with Crippen LogP contribution in [0.15, 0.2) is 30.3 Å². The fourth-order valence-electron chi connectivity index (χ4n) is 2.03. The lowest BCUT2D eigenvalue weighted by atomic mass is 10.1. The average Bonchev–Trinajstić information content (AvgIpc) is 3.29. The molecule has 0 bridgehead atoms. The SMILES string of the molecule is NC(=O)[C@H](CC1CC1)NC(=O)CNC(=O)c1ccccc1. The lowest BCUT2D eigenvalue weighted by molar-refractivity contribution is -0.127. The first-order valence-electron chi connectivity index (χ1n) is 6.98. The highest BCUT2D eigenvalue weighted by Crippen LogP contribution is 2.33. The van der Waals surface area contributed by atoms with Crippen LogP contribution >= 0.6 is 0 Å². The van der Waals surface area contributed by atoms with Gasteiger partial charge in [0.2, 0.25) is 11.8 Å². The van der Waals surface area contributed by atoms with Crippen LogP contribution in [-0.2, 0) is 9.59 Å². The van der Waals surface area contributed by atoms with Gasteiger partial charge in [-0.3, -0.25) is 14.4 Å². The van der Waals surface area contributed by atoms with Crippen molar-refractivity contribution in [2.45, 2.75) is 25.3 Å². The second kappa shape index (κ2) is 6.88. The second-order valence-corrected chi connectivity index (χ2v) is 5.25. The Bertz CT molecular complexity index is 526. The molecule has 0 spiro atoms. The molecule has 1 aromatic rings. The van der Waals surface area contributed by atoms with E-state index in [0.29, 0.717) is 17.9 Å². The van der Waals surface area contributed by atoms with Crippen molar-refractivity contribution in [3.05, 3.63) is 35.9 Å². The van der Waals surface area contributed by atoms with Crippen molar-refractivity contribution < 1.29 is 14.4 Å². The van der Waals surface area contributed by atoms with Crippen LogP contribution in [-0.4, -0.2) is 30.3 Å². The number of carbonyl (C=O) groups excluding carboxylic acids is 3. The van der Waals surface area contributed by atoms with Crippen LogP contribution in [0.5, 0.6) is 0 Å². The number of primary amides is 1. The summed E-state index contributed by atoms with van der Waals surface area (Å²) in [6.45, 7) is -0.178. The van der Waals surface area contributed by atoms with E-state index in [1.807, 2.05) is 0 Å². The Morgan fingerprint density at radius 2 is 1.86 bits per heavy atom. The van der Waals surface area contributed by atoms with Crippen LogP contribution in [0.3, 0.4) is 0 Å². The van der Waals surface area contributed by atoms with Gasteiger partial charge in [0.1, 0.15) is 6.04 Å². The predicted molar refractivity (Wildman–Crippen MR) is 77.2 cm³/mol. The maximum absolute atomic E-state index is 11.8. The van der Waals surface area contributed by atoms with Gasteiger partial charge in [-0.25, -0.2) is 0 Å². The fourth-order valence-corrected chi connectivity index (χ4v) is 2.03. The van der Waals surface area contributed by atoms with Crippen LogP contribution in [0.1, 0.15) is 29.6 Å². The van der Waals surface area contributed by atoms with Crippen molar-refractivity contribution in [2.24, 2.45) is 11.7 Å². The van der Waals surface area contributed by atoms with E-state index in [2.05, 4.69) is 10.6 Å². The molecule has 3 amide bonds. The first kappa shape index (κ1) is 15.0. The average molecular weight is 289 g/mol. The highest BCUT2D eigenvalue weighted by molar-refractivity contribution is 5.97. The molecule has 4 N–H and O–H groups in total. The van der Waals surface area contributed by atoms with Gasteiger partial charge in [-0.2, -0.15) is 0 Å². The molecular formula is C15H19N3O3. The number of hydrogen-bond donors (Lipinski definition) is 3. The summed E-state index contributed by atoms with van der Waals surface area (Å²) in [6, 6.07) is 7.96. The molecule has 0 saturated heterocycles. The highest BCUT2D eigenvalue weighted by Gasteiger charge is 2.29. The Balaban J connectivity index is 1.78. The number of amides is 3. The molecule has 0 aliphatic heterocycles. The molecule has 0 unspecified atom stereocenters. The Morgan fingerprint density at radius 3 is 2.43 bits per heavy atom. The fraction of sp³-hybridized carbons (Fsp3) is 0.400. The van der Waals surface area contributed by atoms with Crippen molar-refractivity contribution in [2.75, 3.05) is 6.54 Å². The van der Waals surface area contributed by atoms with E-state index < -0.39 is 17.9 Å². The smallest absolute Gasteiger partial charge is 0.251 e. The first-order valence-corrected chi connectivity index (χ1v) is 6.98. The zero-order valence-corrected chi connectivity index (χ0v) is 11.7. The molecule has 2 rings (SSSR count). The largest absolute Gasteiger partial charge is 0.368 e. The standard InChI is InChI=1S/C15H19N3O3/c16-14(20)12(8-10-6-7-10)18-13(19)9-17-15(21)11-4-2-1-3-5-11/h1-5,10,12H,6-9H2,(H2,16,20)(H,17,21)(H,18,19)/t12-/m0/s1. The molecule has 1 atom stereocenters. The second-order valence-electron chi connectivity index (χ2n) is 5.25. The Labute approximate surface area is 123 Å². The summed E-state index contributed by atoms with van der Waals surface area (Å²) in [7, 11) is 0. The van der Waals surface area contributed by atoms with Gasteiger partial charge in [-0.15, -0.1) is 0 Å². The molecule has 1 aliphatic rings. The number of benzene rings is 1. The molecule has 1 aliphatic carbocycles. The molecule has 0 heterocycles. The number of hydrogen-bond acceptors (Lipinski definition) is 3. The van der Waals surface area contributed by atoms with Gasteiger partial charge in [-0.1, -0.05) is 31.0 Å². The summed E-state index contributed by atoms with van der Waals surface area (Å²) in [5, 5.41) is 5.08. The molecule has 21 heavy (non-hydrogen) atoms. The van der Waals surface area contributed by atoms with E-state index in [-0.39, 0.29) is 12.5 Å². The minimum Gasteiger partial charge on any atom is -0.368 e. The van der Waals surface area contributed by atoms with E-state index >= 15 is 0 Å². The van der Waals surface area contributed by atoms with Gasteiger partial charge in [0.15, 0.2) is 0 Å². The molecule has 112 valence electrons. The van der Waals surface area contributed by atoms with E-state index in [0.717, 1.165) is 12.8 Å². The van der Waals surface area contributed by atoms with Gasteiger partial charge in [0.25, 0.3) is 5.91 Å². The predicted octanol–water partition coefficient (Wildman–Crippen LogP) is 0.187. The monoisotopic (exact) mass is 289 g/mol. The lowest BCUT2D eigenvalue weighted by Gasteiger charge is -2.15. The molecule has 1 aromatic carbocycles. The number of nitrogens with two attached hydrogens (primary N) is 1. The zero-order chi connectivity index (χ0) is 15.2. The third-order valence-corrected chi connectivity index (χ3v) is 3.39. The maximum Gasteiger partial charge on any atom is 0.251 e. The number of nitrogens with one attached hydrogen (secondary N) is 2. The van der Waals surface area contributed by atoms with E-state index in [1.165, 1.54) is 0 Å². The molecule has 0 radical (unpaired) electrons. The molecule has 0 aromatic heterocycles. The summed E-state index contributed by atoms with van der Waals surface area (Å²) >= 11 is 0. The summed E-state index contributed by atoms with van der Waals surface area (Å²) < 4.78 is 0. The van der Waals surface area contributed by atoms with Crippen LogP contribution in [0.4, 0.5) is 0 Å². The van der Waals surface area contributed by atoms with Crippen LogP contribution in [0.25, 0.3) is 0 Å².